The number of carboxylic acids is 1. The maximum Gasteiger partial charge on any atom is 0.573 e. The van der Waals surface area contributed by atoms with Gasteiger partial charge in [0, 0.05) is 0 Å². The van der Waals surface area contributed by atoms with Gasteiger partial charge in [-0.2, -0.15) is 0 Å². The summed E-state index contributed by atoms with van der Waals surface area (Å²) < 4.78 is 40.9. The molecule has 3 rings (SSSR count). The van der Waals surface area contributed by atoms with E-state index in [1.165, 1.54) is 18.2 Å². The van der Waals surface area contributed by atoms with Crippen molar-refractivity contribution < 1.29 is 32.6 Å². The Balaban J connectivity index is 1.71. The topological polar surface area (TPSA) is 75.6 Å². The molecule has 24 heavy (non-hydrogen) atoms. The summed E-state index contributed by atoms with van der Waals surface area (Å²) in [5, 5.41) is 11.8. The number of halogens is 3. The Hall–Kier alpha value is -2.25. The van der Waals surface area contributed by atoms with Crippen molar-refractivity contribution in [1.29, 1.82) is 0 Å². The van der Waals surface area contributed by atoms with Crippen LogP contribution >= 0.6 is 0 Å². The number of amides is 1. The Morgan fingerprint density at radius 3 is 2.38 bits per heavy atom. The van der Waals surface area contributed by atoms with E-state index in [-0.39, 0.29) is 11.7 Å². The number of carbonyl (C=O) groups excluding carboxylic acids is 1. The van der Waals surface area contributed by atoms with E-state index in [0.29, 0.717) is 31.2 Å². The molecule has 2 atom stereocenters. The standard InChI is InChI=1S/C16H16F3NO4/c17-16(18,19)24-10-3-1-2-9(8-10)15(6-7-15)20-13(21)11-4-5-12(11)14(22)23/h1-3,8,11-12H,4-7H2,(H,20,21)(H,22,23)/t11-,12+/m0/s1. The van der Waals surface area contributed by atoms with Gasteiger partial charge in [-0.3, -0.25) is 9.59 Å². The SMILES string of the molecule is O=C(NC1(c2cccc(OC(F)(F)F)c2)CC1)[C@H]1CC[C@H]1C(=O)O. The summed E-state index contributed by atoms with van der Waals surface area (Å²) in [6.45, 7) is 0. The number of hydrogen-bond acceptors (Lipinski definition) is 3. The first kappa shape index (κ1) is 16.6. The van der Waals surface area contributed by atoms with E-state index >= 15 is 0 Å². The second-order valence-electron chi connectivity index (χ2n) is 6.28. The molecule has 2 fully saturated rings. The van der Waals surface area contributed by atoms with Crippen molar-refractivity contribution in [3.63, 3.8) is 0 Å². The third kappa shape index (κ3) is 3.32. The summed E-state index contributed by atoms with van der Waals surface area (Å²) in [5.41, 5.74) is -0.190. The summed E-state index contributed by atoms with van der Waals surface area (Å²) in [4.78, 5) is 23.3. The fourth-order valence-corrected chi connectivity index (χ4v) is 3.04. The molecule has 8 heteroatoms. The van der Waals surface area contributed by atoms with Crippen LogP contribution in [0, 0.1) is 11.8 Å². The molecular formula is C16H16F3NO4. The molecule has 0 radical (unpaired) electrons. The van der Waals surface area contributed by atoms with Crippen molar-refractivity contribution in [2.24, 2.45) is 11.8 Å². The predicted octanol–water partition coefficient (Wildman–Crippen LogP) is 2.80. The number of nitrogens with one attached hydrogen (secondary N) is 1. The van der Waals surface area contributed by atoms with Gasteiger partial charge in [0.15, 0.2) is 0 Å². The summed E-state index contributed by atoms with van der Waals surface area (Å²) >= 11 is 0. The molecule has 0 saturated heterocycles. The van der Waals surface area contributed by atoms with Gasteiger partial charge in [-0.15, -0.1) is 13.2 Å². The molecule has 2 aliphatic rings. The lowest BCUT2D eigenvalue weighted by atomic mass is 9.73. The van der Waals surface area contributed by atoms with Crippen molar-refractivity contribution in [3.05, 3.63) is 29.8 Å². The van der Waals surface area contributed by atoms with Gasteiger partial charge in [-0.05, 0) is 43.4 Å². The third-order valence-electron chi connectivity index (χ3n) is 4.66. The summed E-state index contributed by atoms with van der Waals surface area (Å²) in [5.74, 6) is -2.94. The number of hydrogen-bond donors (Lipinski definition) is 2. The Labute approximate surface area is 135 Å². The molecule has 0 bridgehead atoms. The summed E-state index contributed by atoms with van der Waals surface area (Å²) in [6.07, 6.45) is -2.61. The van der Waals surface area contributed by atoms with Crippen LogP contribution in [0.3, 0.4) is 0 Å². The van der Waals surface area contributed by atoms with Crippen LogP contribution in [0.2, 0.25) is 0 Å². The second kappa shape index (κ2) is 5.68. The molecule has 2 aliphatic carbocycles. The van der Waals surface area contributed by atoms with Crippen LogP contribution in [0.15, 0.2) is 24.3 Å². The van der Waals surface area contributed by atoms with Crippen LogP contribution in [0.25, 0.3) is 0 Å². The van der Waals surface area contributed by atoms with Gasteiger partial charge in [-0.1, -0.05) is 12.1 Å². The average Bonchev–Trinajstić information content (AvgIpc) is 3.15. The van der Waals surface area contributed by atoms with Crippen LogP contribution < -0.4 is 10.1 Å². The van der Waals surface area contributed by atoms with Gasteiger partial charge < -0.3 is 15.2 Å². The van der Waals surface area contributed by atoms with Gasteiger partial charge in [0.05, 0.1) is 17.4 Å². The van der Waals surface area contributed by atoms with E-state index in [9.17, 15) is 22.8 Å². The number of rotatable bonds is 5. The number of carbonyl (C=O) groups is 2. The maximum atomic E-state index is 12.3. The Kier molecular flexibility index (Phi) is 3.93. The van der Waals surface area contributed by atoms with Crippen LogP contribution in [0.1, 0.15) is 31.2 Å². The zero-order valence-electron chi connectivity index (χ0n) is 12.6. The molecule has 0 unspecified atom stereocenters. The van der Waals surface area contributed by atoms with Crippen molar-refractivity contribution in [2.45, 2.75) is 37.6 Å². The monoisotopic (exact) mass is 343 g/mol. The van der Waals surface area contributed by atoms with Crippen LogP contribution in [0.4, 0.5) is 13.2 Å². The van der Waals surface area contributed by atoms with Gasteiger partial charge >= 0.3 is 12.3 Å². The minimum Gasteiger partial charge on any atom is -0.481 e. The van der Waals surface area contributed by atoms with E-state index in [2.05, 4.69) is 10.1 Å². The molecule has 1 aromatic rings. The molecule has 1 aromatic carbocycles. The van der Waals surface area contributed by atoms with Crippen molar-refractivity contribution in [2.75, 3.05) is 0 Å². The predicted molar refractivity (Wildman–Crippen MR) is 76.0 cm³/mol. The second-order valence-corrected chi connectivity index (χ2v) is 6.28. The lowest BCUT2D eigenvalue weighted by molar-refractivity contribution is -0.274. The number of carboxylic acid groups (broad SMARTS) is 1. The number of alkyl halides is 3. The molecule has 2 N–H and O–H groups in total. The number of benzene rings is 1. The highest BCUT2D eigenvalue weighted by Crippen LogP contribution is 2.47. The van der Waals surface area contributed by atoms with E-state index in [1.54, 1.807) is 6.07 Å². The average molecular weight is 343 g/mol. The smallest absolute Gasteiger partial charge is 0.481 e. The van der Waals surface area contributed by atoms with Crippen LogP contribution in [0.5, 0.6) is 5.75 Å². The van der Waals surface area contributed by atoms with E-state index in [0.717, 1.165) is 0 Å². The van der Waals surface area contributed by atoms with Gasteiger partial charge in [0.25, 0.3) is 0 Å². The van der Waals surface area contributed by atoms with Crippen molar-refractivity contribution in [1.82, 2.24) is 5.32 Å². The van der Waals surface area contributed by atoms with Crippen molar-refractivity contribution >= 4 is 11.9 Å². The first-order chi connectivity index (χ1) is 11.2. The molecule has 0 aromatic heterocycles. The first-order valence-corrected chi connectivity index (χ1v) is 7.61. The zero-order chi connectivity index (χ0) is 17.5. The molecule has 0 aliphatic heterocycles. The molecule has 0 spiro atoms. The lowest BCUT2D eigenvalue weighted by Crippen LogP contribution is -2.47. The van der Waals surface area contributed by atoms with Crippen LogP contribution in [-0.2, 0) is 15.1 Å². The minimum absolute atomic E-state index is 0.340. The Morgan fingerprint density at radius 2 is 1.88 bits per heavy atom. The van der Waals surface area contributed by atoms with Crippen LogP contribution in [-0.4, -0.2) is 23.3 Å². The van der Waals surface area contributed by atoms with E-state index < -0.39 is 29.7 Å². The summed E-state index contributed by atoms with van der Waals surface area (Å²) in [6, 6.07) is 5.52. The van der Waals surface area contributed by atoms with Gasteiger partial charge in [0.1, 0.15) is 5.75 Å². The fourth-order valence-electron chi connectivity index (χ4n) is 3.04. The van der Waals surface area contributed by atoms with Gasteiger partial charge in [0.2, 0.25) is 5.91 Å². The molecule has 130 valence electrons. The highest BCUT2D eigenvalue weighted by molar-refractivity contribution is 5.87. The largest absolute Gasteiger partial charge is 0.573 e. The highest BCUT2D eigenvalue weighted by atomic mass is 19.4. The van der Waals surface area contributed by atoms with Gasteiger partial charge in [-0.25, -0.2) is 0 Å². The molecule has 5 nitrogen and oxygen atoms in total. The third-order valence-corrected chi connectivity index (χ3v) is 4.66. The number of ether oxygens (including phenoxy) is 1. The Bertz CT molecular complexity index is 670. The molecular weight excluding hydrogens is 327 g/mol. The lowest BCUT2D eigenvalue weighted by Gasteiger charge is -2.33. The molecule has 0 heterocycles. The molecule has 1 amide bonds. The fraction of sp³-hybridized carbons (Fsp3) is 0.500. The van der Waals surface area contributed by atoms with E-state index in [4.69, 9.17) is 5.11 Å². The number of aliphatic carboxylic acids is 1. The van der Waals surface area contributed by atoms with Crippen molar-refractivity contribution in [3.8, 4) is 5.75 Å². The maximum absolute atomic E-state index is 12.3. The molecule has 2 saturated carbocycles. The zero-order valence-corrected chi connectivity index (χ0v) is 12.6. The normalized spacial score (nSPS) is 24.6. The van der Waals surface area contributed by atoms with E-state index in [1.807, 2.05) is 0 Å². The Morgan fingerprint density at radius 1 is 1.21 bits per heavy atom. The summed E-state index contributed by atoms with van der Waals surface area (Å²) in [7, 11) is 0. The first-order valence-electron chi connectivity index (χ1n) is 7.61. The quantitative estimate of drug-likeness (QED) is 0.862. The minimum atomic E-state index is -4.78. The highest BCUT2D eigenvalue weighted by Gasteiger charge is 2.49.